The molecule has 0 heterocycles. The molecule has 0 saturated heterocycles. The normalized spacial score (nSPS) is 31.5. The van der Waals surface area contributed by atoms with Crippen molar-refractivity contribution in [3.63, 3.8) is 0 Å². The average Bonchev–Trinajstić information content (AvgIpc) is 2.04. The predicted molar refractivity (Wildman–Crippen MR) is 43.5 cm³/mol. The Morgan fingerprint density at radius 2 is 2.09 bits per heavy atom. The first-order valence-electron chi connectivity index (χ1n) is 4.26. The molecule has 64 valence electrons. The van der Waals surface area contributed by atoms with E-state index < -0.39 is 0 Å². The Kier molecular flexibility index (Phi) is 2.88. The number of hydrazine groups is 1. The van der Waals surface area contributed by atoms with Crippen LogP contribution >= 0.6 is 0 Å². The molecule has 3 N–H and O–H groups in total. The summed E-state index contributed by atoms with van der Waals surface area (Å²) in [4.78, 5) is 11.1. The van der Waals surface area contributed by atoms with Gasteiger partial charge in [0.15, 0.2) is 0 Å². The topological polar surface area (TPSA) is 55.1 Å². The zero-order chi connectivity index (χ0) is 8.27. The van der Waals surface area contributed by atoms with Gasteiger partial charge in [0.1, 0.15) is 0 Å². The number of hydrogen-bond acceptors (Lipinski definition) is 2. The number of carbonyl (C=O) groups is 1. The van der Waals surface area contributed by atoms with Crippen molar-refractivity contribution >= 4 is 5.91 Å². The first-order valence-corrected chi connectivity index (χ1v) is 4.26. The molecule has 0 bridgehead atoms. The van der Waals surface area contributed by atoms with Crippen LogP contribution in [-0.2, 0) is 4.79 Å². The van der Waals surface area contributed by atoms with Gasteiger partial charge in [0.05, 0.1) is 0 Å². The van der Waals surface area contributed by atoms with E-state index in [0.717, 1.165) is 12.8 Å². The van der Waals surface area contributed by atoms with Crippen LogP contribution in [0, 0.1) is 11.8 Å². The fourth-order valence-electron chi connectivity index (χ4n) is 1.81. The maximum atomic E-state index is 11.1. The van der Waals surface area contributed by atoms with Crippen molar-refractivity contribution < 1.29 is 4.79 Å². The number of nitrogens with one attached hydrogen (secondary N) is 1. The Labute approximate surface area is 67.3 Å². The lowest BCUT2D eigenvalue weighted by Gasteiger charge is -2.26. The largest absolute Gasteiger partial charge is 0.294 e. The van der Waals surface area contributed by atoms with E-state index in [4.69, 9.17) is 5.84 Å². The Bertz CT molecular complexity index is 147. The van der Waals surface area contributed by atoms with E-state index in [9.17, 15) is 4.79 Å². The summed E-state index contributed by atoms with van der Waals surface area (Å²) in [6.45, 7) is 2.12. The molecule has 0 aliphatic heterocycles. The highest BCUT2D eigenvalue weighted by molar-refractivity contribution is 5.78. The van der Waals surface area contributed by atoms with E-state index in [1.54, 1.807) is 0 Å². The van der Waals surface area contributed by atoms with Crippen molar-refractivity contribution in [3.05, 3.63) is 0 Å². The molecular formula is C8H16N2O. The second-order valence-corrected chi connectivity index (χ2v) is 3.38. The molecule has 1 aliphatic rings. The Morgan fingerprint density at radius 1 is 1.45 bits per heavy atom. The predicted octanol–water partition coefficient (Wildman–Crippen LogP) is 0.803. The third-order valence-corrected chi connectivity index (χ3v) is 2.59. The lowest BCUT2D eigenvalue weighted by molar-refractivity contribution is -0.127. The van der Waals surface area contributed by atoms with Crippen LogP contribution in [0.25, 0.3) is 0 Å². The van der Waals surface area contributed by atoms with Gasteiger partial charge in [-0.2, -0.15) is 0 Å². The van der Waals surface area contributed by atoms with Crippen molar-refractivity contribution in [1.82, 2.24) is 5.43 Å². The minimum atomic E-state index is 0.0113. The zero-order valence-electron chi connectivity index (χ0n) is 6.97. The number of amides is 1. The highest BCUT2D eigenvalue weighted by atomic mass is 16.2. The van der Waals surface area contributed by atoms with Gasteiger partial charge in [-0.25, -0.2) is 5.84 Å². The van der Waals surface area contributed by atoms with Gasteiger partial charge in [-0.05, 0) is 18.8 Å². The van der Waals surface area contributed by atoms with Gasteiger partial charge < -0.3 is 0 Å². The average molecular weight is 156 g/mol. The molecule has 0 aromatic carbocycles. The second-order valence-electron chi connectivity index (χ2n) is 3.38. The fourth-order valence-corrected chi connectivity index (χ4v) is 1.81. The molecule has 2 atom stereocenters. The van der Waals surface area contributed by atoms with Crippen molar-refractivity contribution in [2.45, 2.75) is 32.6 Å². The summed E-state index contributed by atoms with van der Waals surface area (Å²) in [7, 11) is 0. The number of rotatable bonds is 1. The lowest BCUT2D eigenvalue weighted by Crippen LogP contribution is -2.39. The Balaban J connectivity index is 2.47. The summed E-state index contributed by atoms with van der Waals surface area (Å²) >= 11 is 0. The van der Waals surface area contributed by atoms with Crippen LogP contribution in [0.15, 0.2) is 0 Å². The molecule has 3 heteroatoms. The summed E-state index contributed by atoms with van der Waals surface area (Å²) in [6.07, 6.45) is 4.60. The van der Waals surface area contributed by atoms with Crippen LogP contribution in [0.5, 0.6) is 0 Å². The van der Waals surface area contributed by atoms with Gasteiger partial charge in [0.25, 0.3) is 0 Å². The smallest absolute Gasteiger partial charge is 0.237 e. The van der Waals surface area contributed by atoms with Crippen molar-refractivity contribution in [2.24, 2.45) is 17.7 Å². The van der Waals surface area contributed by atoms with Gasteiger partial charge in [0, 0.05) is 5.92 Å². The Hall–Kier alpha value is -0.570. The standard InChI is InChI=1S/C8H16N2O/c1-6-4-2-3-5-7(6)8(11)10-9/h6-7H,2-5,9H2,1H3,(H,10,11)/t6-,7-/m0/s1. The molecular weight excluding hydrogens is 140 g/mol. The summed E-state index contributed by atoms with van der Waals surface area (Å²) in [5, 5.41) is 0. The van der Waals surface area contributed by atoms with Crippen LogP contribution in [0.1, 0.15) is 32.6 Å². The molecule has 1 aliphatic carbocycles. The van der Waals surface area contributed by atoms with E-state index in [1.165, 1.54) is 12.8 Å². The van der Waals surface area contributed by atoms with E-state index in [-0.39, 0.29) is 11.8 Å². The van der Waals surface area contributed by atoms with Gasteiger partial charge in [-0.3, -0.25) is 10.2 Å². The molecule has 0 radical (unpaired) electrons. The van der Waals surface area contributed by atoms with Crippen molar-refractivity contribution in [3.8, 4) is 0 Å². The van der Waals surface area contributed by atoms with Crippen LogP contribution in [0.4, 0.5) is 0 Å². The second kappa shape index (κ2) is 3.72. The maximum Gasteiger partial charge on any atom is 0.237 e. The minimum Gasteiger partial charge on any atom is -0.294 e. The molecule has 0 aromatic heterocycles. The highest BCUT2D eigenvalue weighted by Crippen LogP contribution is 2.29. The highest BCUT2D eigenvalue weighted by Gasteiger charge is 2.26. The third kappa shape index (κ3) is 1.93. The van der Waals surface area contributed by atoms with Gasteiger partial charge in [-0.15, -0.1) is 0 Å². The van der Waals surface area contributed by atoms with Crippen LogP contribution < -0.4 is 11.3 Å². The zero-order valence-corrected chi connectivity index (χ0v) is 6.97. The number of hydrogen-bond donors (Lipinski definition) is 2. The third-order valence-electron chi connectivity index (χ3n) is 2.59. The SMILES string of the molecule is C[C@H]1CCCC[C@@H]1C(=O)NN. The minimum absolute atomic E-state index is 0.0113. The summed E-state index contributed by atoms with van der Waals surface area (Å²) < 4.78 is 0. The molecule has 1 fully saturated rings. The summed E-state index contributed by atoms with van der Waals surface area (Å²) in [5.41, 5.74) is 2.23. The molecule has 1 amide bonds. The number of carbonyl (C=O) groups excluding carboxylic acids is 1. The van der Waals surface area contributed by atoms with E-state index >= 15 is 0 Å². The molecule has 11 heavy (non-hydrogen) atoms. The quantitative estimate of drug-likeness (QED) is 0.335. The van der Waals surface area contributed by atoms with Crippen LogP contribution in [0.2, 0.25) is 0 Å². The molecule has 0 spiro atoms. The summed E-state index contributed by atoms with van der Waals surface area (Å²) in [5.74, 6) is 5.74. The van der Waals surface area contributed by atoms with Crippen molar-refractivity contribution in [1.29, 1.82) is 0 Å². The molecule has 0 aromatic rings. The summed E-state index contributed by atoms with van der Waals surface area (Å²) in [6, 6.07) is 0. The molecule has 1 rings (SSSR count). The van der Waals surface area contributed by atoms with Gasteiger partial charge in [0.2, 0.25) is 5.91 Å². The monoisotopic (exact) mass is 156 g/mol. The van der Waals surface area contributed by atoms with E-state index in [2.05, 4.69) is 12.3 Å². The number of nitrogens with two attached hydrogens (primary N) is 1. The lowest BCUT2D eigenvalue weighted by atomic mass is 9.80. The fraction of sp³-hybridized carbons (Fsp3) is 0.875. The first kappa shape index (κ1) is 8.53. The van der Waals surface area contributed by atoms with E-state index in [0.29, 0.717) is 5.92 Å². The first-order chi connectivity index (χ1) is 5.25. The molecule has 1 saturated carbocycles. The molecule has 3 nitrogen and oxygen atoms in total. The molecule has 0 unspecified atom stereocenters. The van der Waals surface area contributed by atoms with Crippen LogP contribution in [0.3, 0.4) is 0 Å². The van der Waals surface area contributed by atoms with Crippen LogP contribution in [-0.4, -0.2) is 5.91 Å². The van der Waals surface area contributed by atoms with Gasteiger partial charge in [-0.1, -0.05) is 19.8 Å². The van der Waals surface area contributed by atoms with Gasteiger partial charge >= 0.3 is 0 Å². The maximum absolute atomic E-state index is 11.1. The van der Waals surface area contributed by atoms with E-state index in [1.807, 2.05) is 0 Å². The Morgan fingerprint density at radius 3 is 2.64 bits per heavy atom. The van der Waals surface area contributed by atoms with Crippen molar-refractivity contribution in [2.75, 3.05) is 0 Å².